The second kappa shape index (κ2) is 9.82. The number of aromatic nitrogens is 3. The summed E-state index contributed by atoms with van der Waals surface area (Å²) in [4.78, 5) is 21.0. The molecule has 2 aromatic heterocycles. The highest BCUT2D eigenvalue weighted by atomic mass is 16.6. The molecule has 2 aliphatic heterocycles. The monoisotopic (exact) mass is 474 g/mol. The predicted molar refractivity (Wildman–Crippen MR) is 134 cm³/mol. The third-order valence-electron chi connectivity index (χ3n) is 6.32. The van der Waals surface area contributed by atoms with Gasteiger partial charge < -0.3 is 19.5 Å². The fraction of sp³-hybridized carbons (Fsp3) is 0.370. The number of benzene rings is 1. The summed E-state index contributed by atoms with van der Waals surface area (Å²) >= 11 is 0. The van der Waals surface area contributed by atoms with Gasteiger partial charge in [-0.2, -0.15) is 4.98 Å². The van der Waals surface area contributed by atoms with Crippen LogP contribution >= 0.6 is 0 Å². The van der Waals surface area contributed by atoms with Crippen molar-refractivity contribution in [3.05, 3.63) is 70.8 Å². The van der Waals surface area contributed by atoms with Crippen LogP contribution in [0.25, 0.3) is 17.0 Å². The van der Waals surface area contributed by atoms with Crippen LogP contribution in [-0.4, -0.2) is 39.9 Å². The third kappa shape index (κ3) is 4.87. The Hall–Kier alpha value is -3.81. The van der Waals surface area contributed by atoms with E-state index < -0.39 is 0 Å². The number of ether oxygens (including phenoxy) is 3. The van der Waals surface area contributed by atoms with E-state index in [1.54, 1.807) is 22.9 Å². The van der Waals surface area contributed by atoms with E-state index in [4.69, 9.17) is 14.2 Å². The second-order valence-corrected chi connectivity index (χ2v) is 9.02. The SMILES string of the molecule is C=C(NC(C)CCC)c1ccc2c(c1)CCn1c-2cc(OCC2COc3ncccc3O2)nc1=O. The van der Waals surface area contributed by atoms with Crippen molar-refractivity contribution in [2.24, 2.45) is 0 Å². The van der Waals surface area contributed by atoms with E-state index in [-0.39, 0.29) is 24.3 Å². The fourth-order valence-electron chi connectivity index (χ4n) is 4.57. The van der Waals surface area contributed by atoms with Crippen LogP contribution in [0.4, 0.5) is 0 Å². The third-order valence-corrected chi connectivity index (χ3v) is 6.32. The van der Waals surface area contributed by atoms with Crippen molar-refractivity contribution in [3.63, 3.8) is 0 Å². The van der Waals surface area contributed by atoms with Gasteiger partial charge in [-0.3, -0.25) is 4.57 Å². The summed E-state index contributed by atoms with van der Waals surface area (Å²) in [6, 6.07) is 12.1. The number of hydrogen-bond donors (Lipinski definition) is 1. The van der Waals surface area contributed by atoms with Crippen molar-refractivity contribution in [1.82, 2.24) is 19.9 Å². The quantitative estimate of drug-likeness (QED) is 0.531. The minimum atomic E-state index is -0.323. The minimum Gasteiger partial charge on any atom is -0.478 e. The van der Waals surface area contributed by atoms with Crippen LogP contribution in [0.15, 0.2) is 54.0 Å². The fourth-order valence-corrected chi connectivity index (χ4v) is 4.57. The summed E-state index contributed by atoms with van der Waals surface area (Å²) in [6.07, 6.45) is 4.31. The molecule has 0 spiro atoms. The standard InChI is InChI=1S/C27H30N4O4/c1-4-6-17(2)29-18(3)19-8-9-22-20(13-19)10-12-31-23(22)14-25(30-27(31)32)33-15-21-16-34-26-24(35-21)7-5-11-28-26/h5,7-9,11,13-14,17,21,29H,3-4,6,10,12,15-16H2,1-2H3. The van der Waals surface area contributed by atoms with Gasteiger partial charge in [0, 0.05) is 36.1 Å². The molecule has 1 aromatic carbocycles. The van der Waals surface area contributed by atoms with Crippen LogP contribution in [0, 0.1) is 0 Å². The highest BCUT2D eigenvalue weighted by Gasteiger charge is 2.24. The molecule has 35 heavy (non-hydrogen) atoms. The molecule has 2 aliphatic rings. The molecule has 0 bridgehead atoms. The number of hydrogen-bond acceptors (Lipinski definition) is 7. The molecule has 0 saturated carbocycles. The van der Waals surface area contributed by atoms with Gasteiger partial charge in [0.1, 0.15) is 13.2 Å². The first-order valence-corrected chi connectivity index (χ1v) is 12.1. The molecule has 0 radical (unpaired) electrons. The Balaban J connectivity index is 1.33. The van der Waals surface area contributed by atoms with E-state index in [9.17, 15) is 4.79 Å². The van der Waals surface area contributed by atoms with Gasteiger partial charge in [0.15, 0.2) is 11.9 Å². The van der Waals surface area contributed by atoms with Crippen molar-refractivity contribution in [2.45, 2.75) is 51.8 Å². The Morgan fingerprint density at radius 1 is 1.34 bits per heavy atom. The molecule has 8 heteroatoms. The lowest BCUT2D eigenvalue weighted by atomic mass is 9.94. The van der Waals surface area contributed by atoms with Gasteiger partial charge in [-0.15, -0.1) is 0 Å². The van der Waals surface area contributed by atoms with Crippen LogP contribution in [0.2, 0.25) is 0 Å². The van der Waals surface area contributed by atoms with E-state index >= 15 is 0 Å². The summed E-state index contributed by atoms with van der Waals surface area (Å²) in [6.45, 7) is 9.68. The topological polar surface area (TPSA) is 87.5 Å². The van der Waals surface area contributed by atoms with Gasteiger partial charge in [-0.25, -0.2) is 9.78 Å². The maximum atomic E-state index is 12.8. The molecule has 0 aliphatic carbocycles. The van der Waals surface area contributed by atoms with E-state index in [1.165, 1.54) is 5.56 Å². The van der Waals surface area contributed by atoms with Crippen molar-refractivity contribution >= 4 is 5.70 Å². The number of aryl methyl sites for hydroxylation is 1. The zero-order chi connectivity index (χ0) is 24.4. The Labute approximate surface area is 204 Å². The predicted octanol–water partition coefficient (Wildman–Crippen LogP) is 3.83. The van der Waals surface area contributed by atoms with Gasteiger partial charge in [0.2, 0.25) is 5.88 Å². The second-order valence-electron chi connectivity index (χ2n) is 9.02. The number of nitrogens with one attached hydrogen (secondary N) is 1. The summed E-state index contributed by atoms with van der Waals surface area (Å²) in [7, 11) is 0. The molecule has 3 aromatic rings. The van der Waals surface area contributed by atoms with Gasteiger partial charge in [-0.1, -0.05) is 32.1 Å². The summed E-state index contributed by atoms with van der Waals surface area (Å²) in [5, 5.41) is 3.49. The molecular formula is C27H30N4O4. The first-order chi connectivity index (χ1) is 17.0. The first kappa shape index (κ1) is 23.0. The molecule has 182 valence electrons. The lowest BCUT2D eigenvalue weighted by Crippen LogP contribution is -2.35. The van der Waals surface area contributed by atoms with E-state index in [0.717, 1.165) is 41.8 Å². The molecule has 8 nitrogen and oxygen atoms in total. The number of rotatable bonds is 8. The molecule has 0 fully saturated rings. The van der Waals surface area contributed by atoms with Crippen molar-refractivity contribution < 1.29 is 14.2 Å². The van der Waals surface area contributed by atoms with Crippen LogP contribution in [0.5, 0.6) is 17.5 Å². The maximum absolute atomic E-state index is 12.8. The van der Waals surface area contributed by atoms with Gasteiger partial charge in [0.25, 0.3) is 5.88 Å². The average Bonchev–Trinajstić information content (AvgIpc) is 2.87. The molecule has 1 N–H and O–H groups in total. The largest absolute Gasteiger partial charge is 0.478 e. The normalized spacial score (nSPS) is 16.6. The Kier molecular flexibility index (Phi) is 6.44. The highest BCUT2D eigenvalue weighted by Crippen LogP contribution is 2.32. The van der Waals surface area contributed by atoms with Crippen molar-refractivity contribution in [3.8, 4) is 28.8 Å². The molecule has 2 unspecified atom stereocenters. The van der Waals surface area contributed by atoms with E-state index in [1.807, 2.05) is 12.1 Å². The Morgan fingerprint density at radius 2 is 2.23 bits per heavy atom. The van der Waals surface area contributed by atoms with Gasteiger partial charge in [-0.05, 0) is 49.1 Å². The van der Waals surface area contributed by atoms with Gasteiger partial charge >= 0.3 is 5.69 Å². The van der Waals surface area contributed by atoms with Crippen LogP contribution in [0.1, 0.15) is 37.8 Å². The Morgan fingerprint density at radius 3 is 3.09 bits per heavy atom. The lowest BCUT2D eigenvalue weighted by Gasteiger charge is -2.26. The van der Waals surface area contributed by atoms with E-state index in [2.05, 4.69) is 47.8 Å². The minimum absolute atomic E-state index is 0.206. The first-order valence-electron chi connectivity index (χ1n) is 12.1. The van der Waals surface area contributed by atoms with Crippen molar-refractivity contribution in [1.29, 1.82) is 0 Å². The maximum Gasteiger partial charge on any atom is 0.351 e. The number of fused-ring (bicyclic) bond motifs is 4. The molecule has 4 heterocycles. The van der Waals surface area contributed by atoms with Crippen LogP contribution in [-0.2, 0) is 13.0 Å². The Bertz CT molecular complexity index is 1300. The molecule has 0 saturated heterocycles. The van der Waals surface area contributed by atoms with Gasteiger partial charge in [0.05, 0.1) is 5.69 Å². The zero-order valence-corrected chi connectivity index (χ0v) is 20.1. The molecular weight excluding hydrogens is 444 g/mol. The molecule has 2 atom stereocenters. The molecule has 0 amide bonds. The van der Waals surface area contributed by atoms with Crippen LogP contribution < -0.4 is 25.2 Å². The zero-order valence-electron chi connectivity index (χ0n) is 20.1. The molecule has 5 rings (SSSR count). The van der Waals surface area contributed by atoms with Crippen molar-refractivity contribution in [2.75, 3.05) is 13.2 Å². The lowest BCUT2D eigenvalue weighted by molar-refractivity contribution is 0.0486. The summed E-state index contributed by atoms with van der Waals surface area (Å²) < 4.78 is 19.1. The summed E-state index contributed by atoms with van der Waals surface area (Å²) in [5.74, 6) is 1.33. The van der Waals surface area contributed by atoms with Crippen LogP contribution in [0.3, 0.4) is 0 Å². The summed E-state index contributed by atoms with van der Waals surface area (Å²) in [5.41, 5.74) is 4.66. The highest BCUT2D eigenvalue weighted by molar-refractivity contribution is 5.72. The van der Waals surface area contributed by atoms with E-state index in [0.29, 0.717) is 30.8 Å². The average molecular weight is 475 g/mol. The smallest absolute Gasteiger partial charge is 0.351 e. The number of nitrogens with zero attached hydrogens (tertiary/aromatic N) is 3. The number of pyridine rings is 1.